The average molecular weight is 426 g/mol. The van der Waals surface area contributed by atoms with E-state index < -0.39 is 17.8 Å². The number of aliphatic hydroxyl groups is 1. The van der Waals surface area contributed by atoms with E-state index in [1.54, 1.807) is 0 Å². The molecule has 0 amide bonds. The Morgan fingerprint density at radius 1 is 1.07 bits per heavy atom. The lowest BCUT2D eigenvalue weighted by Gasteiger charge is -2.33. The fourth-order valence-corrected chi connectivity index (χ4v) is 3.16. The highest BCUT2D eigenvalue weighted by atomic mass is 19.4. The molecule has 2 aromatic rings. The number of aromatic nitrogens is 2. The Morgan fingerprint density at radius 2 is 1.73 bits per heavy atom. The van der Waals surface area contributed by atoms with Gasteiger partial charge in [-0.15, -0.1) is 0 Å². The fourth-order valence-electron chi connectivity index (χ4n) is 3.16. The topological polar surface area (TPSA) is 71.0 Å². The van der Waals surface area contributed by atoms with E-state index in [0.29, 0.717) is 12.1 Å². The van der Waals surface area contributed by atoms with E-state index in [9.17, 15) is 18.3 Å². The van der Waals surface area contributed by atoms with Gasteiger partial charge in [0.1, 0.15) is 18.5 Å². The number of benzene rings is 1. The lowest BCUT2D eigenvalue weighted by molar-refractivity contribution is -0.137. The van der Waals surface area contributed by atoms with Crippen LogP contribution in [0.3, 0.4) is 0 Å². The third kappa shape index (κ3) is 6.04. The Balaban J connectivity index is 1.71. The van der Waals surface area contributed by atoms with E-state index in [2.05, 4.69) is 19.8 Å². The molecule has 3 rings (SSSR count). The minimum absolute atomic E-state index is 0.0214. The molecule has 0 aliphatic carbocycles. The second kappa shape index (κ2) is 9.59. The maximum absolute atomic E-state index is 13.4. The molecule has 1 unspecified atom stereocenters. The van der Waals surface area contributed by atoms with Gasteiger partial charge in [-0.2, -0.15) is 13.2 Å². The largest absolute Gasteiger partial charge is 0.491 e. The predicted octanol–water partition coefficient (Wildman–Crippen LogP) is 2.16. The molecule has 10 heteroatoms. The van der Waals surface area contributed by atoms with Gasteiger partial charge < -0.3 is 19.5 Å². The summed E-state index contributed by atoms with van der Waals surface area (Å²) >= 11 is 0. The van der Waals surface area contributed by atoms with Crippen LogP contribution in [0.5, 0.6) is 11.8 Å². The zero-order chi connectivity index (χ0) is 21.7. The first-order chi connectivity index (χ1) is 14.2. The van der Waals surface area contributed by atoms with Gasteiger partial charge in [-0.1, -0.05) is 0 Å². The van der Waals surface area contributed by atoms with Crippen LogP contribution in [0.4, 0.5) is 13.2 Å². The number of rotatable bonds is 7. The number of β-amino-alcohol motifs (C(OH)–C–C–N with tert-alkyl or cyclic N) is 1. The second-order valence-electron chi connectivity index (χ2n) is 7.27. The highest BCUT2D eigenvalue weighted by Crippen LogP contribution is 2.35. The molecule has 2 heterocycles. The van der Waals surface area contributed by atoms with Crippen molar-refractivity contribution in [2.75, 3.05) is 53.5 Å². The van der Waals surface area contributed by atoms with Gasteiger partial charge >= 0.3 is 12.2 Å². The van der Waals surface area contributed by atoms with Gasteiger partial charge in [0.2, 0.25) is 0 Å². The van der Waals surface area contributed by atoms with Crippen molar-refractivity contribution in [3.8, 4) is 22.9 Å². The Kier molecular flexibility index (Phi) is 7.11. The van der Waals surface area contributed by atoms with E-state index in [4.69, 9.17) is 9.47 Å². The molecule has 30 heavy (non-hydrogen) atoms. The molecule has 0 radical (unpaired) electrons. The smallest absolute Gasteiger partial charge is 0.416 e. The summed E-state index contributed by atoms with van der Waals surface area (Å²) in [5.74, 6) is 0.0214. The molecule has 0 saturated carbocycles. The van der Waals surface area contributed by atoms with Crippen LogP contribution in [0.25, 0.3) is 11.1 Å². The first-order valence-corrected chi connectivity index (χ1v) is 9.55. The number of hydrogen-bond acceptors (Lipinski definition) is 7. The lowest BCUT2D eigenvalue weighted by atomic mass is 10.0. The van der Waals surface area contributed by atoms with Crippen molar-refractivity contribution in [1.29, 1.82) is 0 Å². The second-order valence-corrected chi connectivity index (χ2v) is 7.27. The van der Waals surface area contributed by atoms with Gasteiger partial charge in [-0.25, -0.2) is 9.97 Å². The maximum atomic E-state index is 13.4. The third-order valence-electron chi connectivity index (χ3n) is 4.89. The predicted molar refractivity (Wildman–Crippen MR) is 104 cm³/mol. The molecule has 1 fully saturated rings. The zero-order valence-corrected chi connectivity index (χ0v) is 16.9. The first kappa shape index (κ1) is 22.3. The van der Waals surface area contributed by atoms with E-state index in [-0.39, 0.29) is 23.9 Å². The highest BCUT2D eigenvalue weighted by molar-refractivity contribution is 5.65. The molecule has 0 bridgehead atoms. The minimum Gasteiger partial charge on any atom is -0.491 e. The number of piperazine rings is 1. The molecule has 164 valence electrons. The third-order valence-corrected chi connectivity index (χ3v) is 4.89. The van der Waals surface area contributed by atoms with Crippen LogP contribution in [0, 0.1) is 0 Å². The van der Waals surface area contributed by atoms with Gasteiger partial charge in [0.25, 0.3) is 0 Å². The van der Waals surface area contributed by atoms with Crippen LogP contribution >= 0.6 is 0 Å². The van der Waals surface area contributed by atoms with Crippen molar-refractivity contribution in [2.24, 2.45) is 0 Å². The van der Waals surface area contributed by atoms with E-state index in [0.717, 1.165) is 38.3 Å². The molecule has 1 aromatic carbocycles. The van der Waals surface area contributed by atoms with E-state index in [1.165, 1.54) is 25.6 Å². The minimum atomic E-state index is -4.54. The van der Waals surface area contributed by atoms with Crippen LogP contribution in [-0.2, 0) is 6.18 Å². The SMILES string of the molecule is COc1ncc(-c2cc(OCC(O)CN3CCN(C)CC3)cc(C(F)(F)F)c2)cn1. The maximum Gasteiger partial charge on any atom is 0.416 e. The number of methoxy groups -OCH3 is 1. The molecule has 1 N–H and O–H groups in total. The van der Waals surface area contributed by atoms with E-state index >= 15 is 0 Å². The summed E-state index contributed by atoms with van der Waals surface area (Å²) in [7, 11) is 3.44. The summed E-state index contributed by atoms with van der Waals surface area (Å²) in [4.78, 5) is 12.2. The van der Waals surface area contributed by atoms with Crippen LogP contribution < -0.4 is 9.47 Å². The highest BCUT2D eigenvalue weighted by Gasteiger charge is 2.31. The lowest BCUT2D eigenvalue weighted by Crippen LogP contribution is -2.47. The summed E-state index contributed by atoms with van der Waals surface area (Å²) in [6.07, 6.45) is -2.59. The Bertz CT molecular complexity index is 825. The van der Waals surface area contributed by atoms with Crippen molar-refractivity contribution >= 4 is 0 Å². The number of ether oxygens (including phenoxy) is 2. The van der Waals surface area contributed by atoms with Crippen LogP contribution in [0.2, 0.25) is 0 Å². The molecular weight excluding hydrogens is 401 g/mol. The average Bonchev–Trinajstić information content (AvgIpc) is 2.73. The summed E-state index contributed by atoms with van der Waals surface area (Å²) in [6, 6.07) is 3.53. The summed E-state index contributed by atoms with van der Waals surface area (Å²) in [5, 5.41) is 10.3. The van der Waals surface area contributed by atoms with E-state index in [1.807, 2.05) is 7.05 Å². The van der Waals surface area contributed by atoms with Crippen LogP contribution in [0.15, 0.2) is 30.6 Å². The van der Waals surface area contributed by atoms with Gasteiger partial charge in [0.05, 0.1) is 12.7 Å². The van der Waals surface area contributed by atoms with Crippen molar-refractivity contribution in [2.45, 2.75) is 12.3 Å². The van der Waals surface area contributed by atoms with Gasteiger partial charge in [-0.05, 0) is 30.8 Å². The Hall–Kier alpha value is -2.43. The molecule has 1 aliphatic heterocycles. The van der Waals surface area contributed by atoms with Crippen molar-refractivity contribution < 1.29 is 27.8 Å². The number of likely N-dealkylation sites (N-methyl/N-ethyl adjacent to an activating group) is 1. The van der Waals surface area contributed by atoms with Crippen molar-refractivity contribution in [3.05, 3.63) is 36.2 Å². The molecular formula is C20H25F3N4O3. The van der Waals surface area contributed by atoms with Crippen LogP contribution in [-0.4, -0.2) is 84.5 Å². The summed E-state index contributed by atoms with van der Waals surface area (Å²) in [6.45, 7) is 3.79. The standard InChI is InChI=1S/C20H25F3N4O3/c1-26-3-5-27(6-4-26)12-17(28)13-30-18-8-14(7-16(9-18)20(21,22)23)15-10-24-19(29-2)25-11-15/h7-11,17,28H,3-6,12-13H2,1-2H3. The quantitative estimate of drug-likeness (QED) is 0.728. The normalized spacial score (nSPS) is 17.0. The zero-order valence-electron chi connectivity index (χ0n) is 16.9. The van der Waals surface area contributed by atoms with Gasteiger partial charge in [-0.3, -0.25) is 4.90 Å². The number of hydrogen-bond donors (Lipinski definition) is 1. The number of halogens is 3. The van der Waals surface area contributed by atoms with Crippen molar-refractivity contribution in [1.82, 2.24) is 19.8 Å². The molecule has 1 atom stereocenters. The Morgan fingerprint density at radius 3 is 2.33 bits per heavy atom. The van der Waals surface area contributed by atoms with Crippen molar-refractivity contribution in [3.63, 3.8) is 0 Å². The molecule has 7 nitrogen and oxygen atoms in total. The summed E-state index contributed by atoms with van der Waals surface area (Å²) < 4.78 is 50.5. The Labute approximate surface area is 173 Å². The molecule has 1 saturated heterocycles. The number of nitrogens with zero attached hydrogens (tertiary/aromatic N) is 4. The molecule has 1 aromatic heterocycles. The molecule has 1 aliphatic rings. The van der Waals surface area contributed by atoms with Gasteiger partial charge in [0, 0.05) is 50.7 Å². The molecule has 0 spiro atoms. The summed E-state index contributed by atoms with van der Waals surface area (Å²) in [5.41, 5.74) is -0.194. The van der Waals surface area contributed by atoms with Gasteiger partial charge in [0.15, 0.2) is 0 Å². The fraction of sp³-hybridized carbons (Fsp3) is 0.500. The number of alkyl halides is 3. The number of aliphatic hydroxyl groups excluding tert-OH is 1. The van der Waals surface area contributed by atoms with Crippen LogP contribution in [0.1, 0.15) is 5.56 Å². The first-order valence-electron chi connectivity index (χ1n) is 9.55. The monoisotopic (exact) mass is 426 g/mol.